The van der Waals surface area contributed by atoms with E-state index in [-0.39, 0.29) is 5.97 Å². The van der Waals surface area contributed by atoms with Crippen LogP contribution < -0.4 is 0 Å². The molecule has 3 heteroatoms. The maximum absolute atomic E-state index is 11.0. The van der Waals surface area contributed by atoms with E-state index in [1.54, 1.807) is 13.0 Å². The molecule has 0 fully saturated rings. The van der Waals surface area contributed by atoms with Crippen LogP contribution in [0.15, 0.2) is 30.3 Å². The Morgan fingerprint density at radius 1 is 1.31 bits per heavy atom. The van der Waals surface area contributed by atoms with Gasteiger partial charge in [0.25, 0.3) is 0 Å². The lowest BCUT2D eigenvalue weighted by Crippen LogP contribution is -1.98. The highest BCUT2D eigenvalue weighted by Gasteiger charge is 1.94. The van der Waals surface area contributed by atoms with Gasteiger partial charge in [-0.25, -0.2) is 4.79 Å². The van der Waals surface area contributed by atoms with Gasteiger partial charge < -0.3 is 9.53 Å². The van der Waals surface area contributed by atoms with Crippen molar-refractivity contribution in [3.8, 4) is 0 Å². The highest BCUT2D eigenvalue weighted by atomic mass is 16.5. The van der Waals surface area contributed by atoms with Crippen LogP contribution in [0.25, 0.3) is 6.08 Å². The minimum atomic E-state index is -0.348. The van der Waals surface area contributed by atoms with Crippen LogP contribution in [0.5, 0.6) is 0 Å². The van der Waals surface area contributed by atoms with Crippen molar-refractivity contribution in [2.75, 3.05) is 6.61 Å². The van der Waals surface area contributed by atoms with Gasteiger partial charge in [0.05, 0.1) is 6.61 Å². The van der Waals surface area contributed by atoms with E-state index < -0.39 is 0 Å². The van der Waals surface area contributed by atoms with Gasteiger partial charge in [0.2, 0.25) is 0 Å². The summed E-state index contributed by atoms with van der Waals surface area (Å²) in [4.78, 5) is 21.3. The lowest BCUT2D eigenvalue weighted by Gasteiger charge is -1.97. The van der Waals surface area contributed by atoms with E-state index in [1.165, 1.54) is 6.08 Å². The number of carbonyl (C=O) groups excluding carboxylic acids is 2. The third-order valence-electron chi connectivity index (χ3n) is 2.00. The van der Waals surface area contributed by atoms with E-state index in [0.717, 1.165) is 17.4 Å². The maximum Gasteiger partial charge on any atom is 0.330 e. The Balaban J connectivity index is 2.61. The first-order chi connectivity index (χ1) is 7.76. The molecule has 0 radical (unpaired) electrons. The van der Waals surface area contributed by atoms with E-state index >= 15 is 0 Å². The van der Waals surface area contributed by atoms with Crippen LogP contribution in [0, 0.1) is 0 Å². The number of rotatable bonds is 5. The van der Waals surface area contributed by atoms with E-state index in [9.17, 15) is 9.59 Å². The summed E-state index contributed by atoms with van der Waals surface area (Å²) in [7, 11) is 0. The van der Waals surface area contributed by atoms with Crippen molar-refractivity contribution in [3.63, 3.8) is 0 Å². The van der Waals surface area contributed by atoms with Gasteiger partial charge in [-0.2, -0.15) is 0 Å². The van der Waals surface area contributed by atoms with Gasteiger partial charge in [-0.3, -0.25) is 0 Å². The zero-order valence-corrected chi connectivity index (χ0v) is 9.18. The number of hydrogen-bond donors (Lipinski definition) is 0. The molecule has 1 rings (SSSR count). The average molecular weight is 218 g/mol. The van der Waals surface area contributed by atoms with Crippen molar-refractivity contribution < 1.29 is 14.3 Å². The van der Waals surface area contributed by atoms with E-state index in [0.29, 0.717) is 13.0 Å². The SMILES string of the molecule is CCOC(=O)/C=C/c1ccc(CC=O)cc1. The first-order valence-corrected chi connectivity index (χ1v) is 5.13. The lowest BCUT2D eigenvalue weighted by atomic mass is 10.1. The molecule has 0 bridgehead atoms. The second-order valence-corrected chi connectivity index (χ2v) is 3.20. The highest BCUT2D eigenvalue weighted by molar-refractivity contribution is 5.87. The molecule has 0 N–H and O–H groups in total. The van der Waals surface area contributed by atoms with Gasteiger partial charge in [0.1, 0.15) is 6.29 Å². The third-order valence-corrected chi connectivity index (χ3v) is 2.00. The summed E-state index contributed by atoms with van der Waals surface area (Å²) in [6, 6.07) is 7.43. The van der Waals surface area contributed by atoms with Crippen LogP contribution in [0.4, 0.5) is 0 Å². The summed E-state index contributed by atoms with van der Waals surface area (Å²) in [6.45, 7) is 2.14. The zero-order valence-electron chi connectivity index (χ0n) is 9.18. The van der Waals surface area contributed by atoms with Gasteiger partial charge in [-0.15, -0.1) is 0 Å². The molecule has 0 aliphatic heterocycles. The molecule has 1 aromatic rings. The summed E-state index contributed by atoms with van der Waals surface area (Å²) in [6.07, 6.45) is 4.35. The van der Waals surface area contributed by atoms with Crippen molar-refractivity contribution in [1.82, 2.24) is 0 Å². The Morgan fingerprint density at radius 3 is 2.56 bits per heavy atom. The Hall–Kier alpha value is -1.90. The number of esters is 1. The minimum Gasteiger partial charge on any atom is -0.463 e. The summed E-state index contributed by atoms with van der Waals surface area (Å²) < 4.78 is 4.75. The molecule has 0 heterocycles. The molecule has 3 nitrogen and oxygen atoms in total. The molecule has 0 spiro atoms. The van der Waals surface area contributed by atoms with Crippen molar-refractivity contribution in [2.24, 2.45) is 0 Å². The molecule has 16 heavy (non-hydrogen) atoms. The number of ether oxygens (including phenoxy) is 1. The summed E-state index contributed by atoms with van der Waals surface area (Å²) in [5.74, 6) is -0.348. The molecule has 0 unspecified atom stereocenters. The molecule has 0 aliphatic rings. The Labute approximate surface area is 94.7 Å². The van der Waals surface area contributed by atoms with Gasteiger partial charge in [0.15, 0.2) is 0 Å². The van der Waals surface area contributed by atoms with Crippen LogP contribution in [0.3, 0.4) is 0 Å². The van der Waals surface area contributed by atoms with Crippen LogP contribution in [0.1, 0.15) is 18.1 Å². The van der Waals surface area contributed by atoms with Gasteiger partial charge >= 0.3 is 5.97 Å². The Kier molecular flexibility index (Phi) is 4.99. The largest absolute Gasteiger partial charge is 0.463 e. The molecular formula is C13H14O3. The average Bonchev–Trinajstić information content (AvgIpc) is 2.29. The van der Waals surface area contributed by atoms with E-state index in [2.05, 4.69) is 0 Å². The van der Waals surface area contributed by atoms with E-state index in [4.69, 9.17) is 4.74 Å². The fourth-order valence-electron chi connectivity index (χ4n) is 1.22. The van der Waals surface area contributed by atoms with Crippen molar-refractivity contribution in [1.29, 1.82) is 0 Å². The fourth-order valence-corrected chi connectivity index (χ4v) is 1.22. The molecule has 0 aliphatic carbocycles. The molecule has 0 aromatic heterocycles. The number of hydrogen-bond acceptors (Lipinski definition) is 3. The highest BCUT2D eigenvalue weighted by Crippen LogP contribution is 2.06. The fraction of sp³-hybridized carbons (Fsp3) is 0.231. The summed E-state index contributed by atoms with van der Waals surface area (Å²) >= 11 is 0. The van der Waals surface area contributed by atoms with Gasteiger partial charge in [-0.1, -0.05) is 24.3 Å². The zero-order chi connectivity index (χ0) is 11.8. The number of benzene rings is 1. The Morgan fingerprint density at radius 2 is 2.00 bits per heavy atom. The smallest absolute Gasteiger partial charge is 0.330 e. The predicted molar refractivity (Wildman–Crippen MR) is 61.9 cm³/mol. The normalized spacial score (nSPS) is 10.3. The predicted octanol–water partition coefficient (Wildman–Crippen LogP) is 2.00. The van der Waals surface area contributed by atoms with Crippen molar-refractivity contribution in [3.05, 3.63) is 41.5 Å². The van der Waals surface area contributed by atoms with Crippen molar-refractivity contribution in [2.45, 2.75) is 13.3 Å². The standard InChI is InChI=1S/C13H14O3/c1-2-16-13(15)8-7-11-3-5-12(6-4-11)9-10-14/h3-8,10H,2,9H2,1H3/b8-7+. The monoisotopic (exact) mass is 218 g/mol. The first-order valence-electron chi connectivity index (χ1n) is 5.13. The third kappa shape index (κ3) is 4.09. The molecule has 0 saturated heterocycles. The second-order valence-electron chi connectivity index (χ2n) is 3.20. The molecular weight excluding hydrogens is 204 g/mol. The molecule has 84 valence electrons. The van der Waals surface area contributed by atoms with Crippen LogP contribution in [-0.4, -0.2) is 18.9 Å². The number of carbonyl (C=O) groups is 2. The van der Waals surface area contributed by atoms with Crippen LogP contribution in [0.2, 0.25) is 0 Å². The van der Waals surface area contributed by atoms with E-state index in [1.807, 2.05) is 24.3 Å². The minimum absolute atomic E-state index is 0.348. The molecule has 0 amide bonds. The molecule has 1 aromatic carbocycles. The summed E-state index contributed by atoms with van der Waals surface area (Å²) in [5.41, 5.74) is 1.87. The first kappa shape index (κ1) is 12.2. The molecule has 0 saturated carbocycles. The van der Waals surface area contributed by atoms with Gasteiger partial charge in [-0.05, 0) is 24.1 Å². The molecule has 0 atom stereocenters. The quantitative estimate of drug-likeness (QED) is 0.431. The van der Waals surface area contributed by atoms with Crippen LogP contribution >= 0.6 is 0 Å². The Bertz CT molecular complexity index is 377. The second kappa shape index (κ2) is 6.56. The van der Waals surface area contributed by atoms with Gasteiger partial charge in [0, 0.05) is 12.5 Å². The number of aldehydes is 1. The summed E-state index contributed by atoms with van der Waals surface area (Å²) in [5, 5.41) is 0. The lowest BCUT2D eigenvalue weighted by molar-refractivity contribution is -0.137. The maximum atomic E-state index is 11.0. The topological polar surface area (TPSA) is 43.4 Å². The van der Waals surface area contributed by atoms with Crippen molar-refractivity contribution >= 4 is 18.3 Å². The van der Waals surface area contributed by atoms with Crippen LogP contribution in [-0.2, 0) is 20.7 Å².